The molecule has 15 heavy (non-hydrogen) atoms. The minimum Gasteiger partial charge on any atom is -0.465 e. The minimum atomic E-state index is -0.750. The van der Waals surface area contributed by atoms with Crippen molar-refractivity contribution in [2.75, 3.05) is 19.6 Å². The summed E-state index contributed by atoms with van der Waals surface area (Å²) in [4.78, 5) is 12.4. The molecular weight excluding hydrogens is 192 g/mol. The Balaban J connectivity index is 1.63. The third-order valence-corrected chi connectivity index (χ3v) is 4.46. The molecule has 0 aromatic heterocycles. The Hall–Kier alpha value is -0.770. The largest absolute Gasteiger partial charge is 0.465 e. The van der Waals surface area contributed by atoms with Gasteiger partial charge in [0.2, 0.25) is 0 Å². The van der Waals surface area contributed by atoms with Crippen LogP contribution >= 0.6 is 0 Å². The fourth-order valence-corrected chi connectivity index (χ4v) is 3.24. The number of hydrogen-bond acceptors (Lipinski definition) is 2. The molecule has 84 valence electrons. The maximum absolute atomic E-state index is 10.8. The molecule has 1 unspecified atom stereocenters. The molecule has 1 saturated carbocycles. The van der Waals surface area contributed by atoms with Crippen molar-refractivity contribution >= 4 is 6.09 Å². The van der Waals surface area contributed by atoms with E-state index >= 15 is 0 Å². The number of piperidine rings is 1. The van der Waals surface area contributed by atoms with Gasteiger partial charge in [-0.25, -0.2) is 4.79 Å². The van der Waals surface area contributed by atoms with Crippen LogP contribution in [0.5, 0.6) is 0 Å². The van der Waals surface area contributed by atoms with Gasteiger partial charge in [-0.05, 0) is 31.6 Å². The molecule has 3 rings (SSSR count). The number of amides is 1. The van der Waals surface area contributed by atoms with E-state index in [2.05, 4.69) is 5.32 Å². The van der Waals surface area contributed by atoms with Crippen molar-refractivity contribution in [2.24, 2.45) is 11.3 Å². The van der Waals surface area contributed by atoms with Crippen LogP contribution in [0.1, 0.15) is 25.7 Å². The van der Waals surface area contributed by atoms with Crippen molar-refractivity contribution in [3.05, 3.63) is 0 Å². The van der Waals surface area contributed by atoms with Crippen LogP contribution in [-0.2, 0) is 0 Å². The number of rotatable bonds is 1. The maximum Gasteiger partial charge on any atom is 0.407 e. The van der Waals surface area contributed by atoms with Crippen LogP contribution in [0.15, 0.2) is 0 Å². The van der Waals surface area contributed by atoms with Gasteiger partial charge in [-0.3, -0.25) is 0 Å². The number of nitrogens with zero attached hydrogens (tertiary/aromatic N) is 1. The first-order valence-electron chi connectivity index (χ1n) is 5.93. The fraction of sp³-hybridized carbons (Fsp3) is 0.909. The zero-order chi connectivity index (χ0) is 10.5. The van der Waals surface area contributed by atoms with Crippen LogP contribution in [0, 0.1) is 11.3 Å². The number of nitrogens with one attached hydrogen (secondary N) is 1. The number of hydrogen-bond donors (Lipinski definition) is 2. The van der Waals surface area contributed by atoms with E-state index in [1.807, 2.05) is 0 Å². The molecular formula is C11H18N2O2. The first kappa shape index (κ1) is 9.46. The van der Waals surface area contributed by atoms with Crippen LogP contribution in [0.25, 0.3) is 0 Å². The van der Waals surface area contributed by atoms with Gasteiger partial charge in [0, 0.05) is 31.1 Å². The standard InChI is InChI=1S/C11H18N2O2/c14-10(15)13-5-3-11(4-6-13)7-12-9(11)8-1-2-8/h8-9,12H,1-7H2,(H,14,15). The molecule has 1 atom stereocenters. The van der Waals surface area contributed by atoms with Gasteiger partial charge in [0.25, 0.3) is 0 Å². The normalized spacial score (nSPS) is 33.9. The summed E-state index contributed by atoms with van der Waals surface area (Å²) in [5, 5.41) is 12.4. The zero-order valence-corrected chi connectivity index (χ0v) is 8.91. The van der Waals surface area contributed by atoms with Crippen molar-refractivity contribution in [2.45, 2.75) is 31.7 Å². The smallest absolute Gasteiger partial charge is 0.407 e. The van der Waals surface area contributed by atoms with Gasteiger partial charge in [-0.2, -0.15) is 0 Å². The number of likely N-dealkylation sites (tertiary alicyclic amines) is 1. The topological polar surface area (TPSA) is 52.6 Å². The third kappa shape index (κ3) is 1.42. The second-order valence-corrected chi connectivity index (χ2v) is 5.33. The highest BCUT2D eigenvalue weighted by atomic mass is 16.4. The Kier molecular flexibility index (Phi) is 1.96. The molecule has 1 spiro atoms. The Bertz CT molecular complexity index is 280. The van der Waals surface area contributed by atoms with Crippen molar-refractivity contribution in [3.63, 3.8) is 0 Å². The van der Waals surface area contributed by atoms with Crippen LogP contribution in [0.3, 0.4) is 0 Å². The highest BCUT2D eigenvalue weighted by Crippen LogP contribution is 2.50. The van der Waals surface area contributed by atoms with E-state index in [4.69, 9.17) is 5.11 Å². The van der Waals surface area contributed by atoms with Crippen molar-refractivity contribution in [1.82, 2.24) is 10.2 Å². The molecule has 1 amide bonds. The second kappa shape index (κ2) is 3.11. The second-order valence-electron chi connectivity index (χ2n) is 5.33. The molecule has 0 aromatic carbocycles. The Morgan fingerprint density at radius 3 is 2.40 bits per heavy atom. The summed E-state index contributed by atoms with van der Waals surface area (Å²) < 4.78 is 0. The summed E-state index contributed by atoms with van der Waals surface area (Å²) in [6.45, 7) is 2.59. The molecule has 4 heteroatoms. The van der Waals surface area contributed by atoms with Crippen LogP contribution in [0.4, 0.5) is 4.79 Å². The van der Waals surface area contributed by atoms with Gasteiger partial charge in [0.15, 0.2) is 0 Å². The monoisotopic (exact) mass is 210 g/mol. The molecule has 2 aliphatic heterocycles. The molecule has 4 nitrogen and oxygen atoms in total. The number of carbonyl (C=O) groups is 1. The van der Waals surface area contributed by atoms with E-state index in [0.29, 0.717) is 11.5 Å². The van der Waals surface area contributed by atoms with Crippen molar-refractivity contribution in [3.8, 4) is 0 Å². The highest BCUT2D eigenvalue weighted by molar-refractivity contribution is 5.65. The molecule has 0 aromatic rings. The molecule has 1 aliphatic carbocycles. The molecule has 2 saturated heterocycles. The molecule has 3 aliphatic rings. The molecule has 2 heterocycles. The maximum atomic E-state index is 10.8. The van der Waals surface area contributed by atoms with E-state index < -0.39 is 6.09 Å². The summed E-state index contributed by atoms with van der Waals surface area (Å²) in [6, 6.07) is 0.702. The predicted molar refractivity (Wildman–Crippen MR) is 55.8 cm³/mol. The lowest BCUT2D eigenvalue weighted by molar-refractivity contribution is -0.00125. The third-order valence-electron chi connectivity index (χ3n) is 4.46. The molecule has 0 bridgehead atoms. The Labute approximate surface area is 89.6 Å². The summed E-state index contributed by atoms with van der Waals surface area (Å²) >= 11 is 0. The van der Waals surface area contributed by atoms with E-state index in [9.17, 15) is 4.79 Å². The minimum absolute atomic E-state index is 0.452. The van der Waals surface area contributed by atoms with E-state index in [-0.39, 0.29) is 0 Å². The predicted octanol–water partition coefficient (Wildman–Crippen LogP) is 1.13. The lowest BCUT2D eigenvalue weighted by Crippen LogP contribution is -2.66. The fourth-order valence-electron chi connectivity index (χ4n) is 3.24. The van der Waals surface area contributed by atoms with Crippen molar-refractivity contribution in [1.29, 1.82) is 0 Å². The van der Waals surface area contributed by atoms with Gasteiger partial charge < -0.3 is 15.3 Å². The van der Waals surface area contributed by atoms with Crippen molar-refractivity contribution < 1.29 is 9.90 Å². The molecule has 0 radical (unpaired) electrons. The zero-order valence-electron chi connectivity index (χ0n) is 8.91. The van der Waals surface area contributed by atoms with Gasteiger partial charge in [-0.1, -0.05) is 0 Å². The first-order chi connectivity index (χ1) is 7.21. The Morgan fingerprint density at radius 2 is 2.00 bits per heavy atom. The van der Waals surface area contributed by atoms with Crippen LogP contribution in [0.2, 0.25) is 0 Å². The van der Waals surface area contributed by atoms with Crippen LogP contribution < -0.4 is 5.32 Å². The summed E-state index contributed by atoms with van der Waals surface area (Å²) in [5.41, 5.74) is 0.452. The van der Waals surface area contributed by atoms with E-state index in [1.54, 1.807) is 4.90 Å². The lowest BCUT2D eigenvalue weighted by Gasteiger charge is -2.54. The van der Waals surface area contributed by atoms with Gasteiger partial charge in [-0.15, -0.1) is 0 Å². The first-order valence-corrected chi connectivity index (χ1v) is 5.93. The summed E-state index contributed by atoms with van der Waals surface area (Å²) in [5.74, 6) is 0.898. The van der Waals surface area contributed by atoms with Crippen LogP contribution in [-0.4, -0.2) is 41.8 Å². The Morgan fingerprint density at radius 1 is 1.33 bits per heavy atom. The number of carboxylic acid groups (broad SMARTS) is 1. The highest BCUT2D eigenvalue weighted by Gasteiger charge is 2.53. The van der Waals surface area contributed by atoms with Gasteiger partial charge >= 0.3 is 6.09 Å². The molecule has 3 fully saturated rings. The van der Waals surface area contributed by atoms with Gasteiger partial charge in [0.05, 0.1) is 0 Å². The average molecular weight is 210 g/mol. The van der Waals surface area contributed by atoms with E-state index in [1.165, 1.54) is 12.8 Å². The average Bonchev–Trinajstić information content (AvgIpc) is 3.00. The SMILES string of the molecule is O=C(O)N1CCC2(CC1)CNC2C1CC1. The quantitative estimate of drug-likeness (QED) is 0.682. The molecule has 2 N–H and O–H groups in total. The van der Waals surface area contributed by atoms with Gasteiger partial charge in [0.1, 0.15) is 0 Å². The summed E-state index contributed by atoms with van der Waals surface area (Å²) in [6.07, 6.45) is 4.13. The lowest BCUT2D eigenvalue weighted by atomic mass is 9.65. The summed E-state index contributed by atoms with van der Waals surface area (Å²) in [7, 11) is 0. The van der Waals surface area contributed by atoms with E-state index in [0.717, 1.165) is 38.4 Å².